The van der Waals surface area contributed by atoms with Crippen LogP contribution in [0.3, 0.4) is 0 Å². The van der Waals surface area contributed by atoms with Gasteiger partial charge in [0, 0.05) is 18.0 Å². The SMILES string of the molecule is CC(C)n1ncc2c(C(=O)O[C@H]3CCOC3=O)cc(-c3ccccc3)nc21. The Morgan fingerprint density at radius 3 is 2.74 bits per heavy atom. The van der Waals surface area contributed by atoms with Gasteiger partial charge in [-0.1, -0.05) is 30.3 Å². The molecule has 3 heterocycles. The van der Waals surface area contributed by atoms with Gasteiger partial charge in [0.1, 0.15) is 0 Å². The van der Waals surface area contributed by atoms with Crippen molar-refractivity contribution in [2.45, 2.75) is 32.4 Å². The summed E-state index contributed by atoms with van der Waals surface area (Å²) in [5.41, 5.74) is 2.47. The summed E-state index contributed by atoms with van der Waals surface area (Å²) in [6.07, 6.45) is 1.12. The lowest BCUT2D eigenvalue weighted by Gasteiger charge is -2.12. The van der Waals surface area contributed by atoms with Crippen LogP contribution in [0.4, 0.5) is 0 Å². The van der Waals surface area contributed by atoms with Crippen molar-refractivity contribution in [3.05, 3.63) is 48.2 Å². The molecule has 7 heteroatoms. The van der Waals surface area contributed by atoms with Crippen molar-refractivity contribution in [2.24, 2.45) is 0 Å². The molecule has 1 saturated heterocycles. The summed E-state index contributed by atoms with van der Waals surface area (Å²) >= 11 is 0. The smallest absolute Gasteiger partial charge is 0.347 e. The summed E-state index contributed by atoms with van der Waals surface area (Å²) < 4.78 is 12.0. The van der Waals surface area contributed by atoms with Crippen LogP contribution in [0.1, 0.15) is 36.7 Å². The maximum Gasteiger partial charge on any atom is 0.347 e. The Balaban J connectivity index is 1.82. The van der Waals surface area contributed by atoms with E-state index < -0.39 is 18.0 Å². The number of rotatable bonds is 4. The third kappa shape index (κ3) is 3.16. The van der Waals surface area contributed by atoms with Gasteiger partial charge in [-0.05, 0) is 19.9 Å². The van der Waals surface area contributed by atoms with Crippen molar-refractivity contribution in [2.75, 3.05) is 6.61 Å². The second-order valence-electron chi connectivity index (χ2n) is 6.69. The van der Waals surface area contributed by atoms with E-state index in [1.807, 2.05) is 44.2 Å². The van der Waals surface area contributed by atoms with Crippen LogP contribution >= 0.6 is 0 Å². The zero-order valence-corrected chi connectivity index (χ0v) is 15.1. The minimum atomic E-state index is -0.860. The lowest BCUT2D eigenvalue weighted by atomic mass is 10.1. The molecule has 0 aliphatic carbocycles. The molecule has 4 rings (SSSR count). The molecule has 1 aliphatic heterocycles. The monoisotopic (exact) mass is 365 g/mol. The van der Waals surface area contributed by atoms with E-state index >= 15 is 0 Å². The first-order valence-electron chi connectivity index (χ1n) is 8.86. The predicted octanol–water partition coefficient (Wildman–Crippen LogP) is 3.15. The summed E-state index contributed by atoms with van der Waals surface area (Å²) in [6, 6.07) is 11.4. The van der Waals surface area contributed by atoms with Crippen LogP contribution in [0.15, 0.2) is 42.6 Å². The van der Waals surface area contributed by atoms with Crippen LogP contribution in [0, 0.1) is 0 Å². The minimum absolute atomic E-state index is 0.0784. The molecule has 1 fully saturated rings. The summed E-state index contributed by atoms with van der Waals surface area (Å²) in [5.74, 6) is -1.08. The number of cyclic esters (lactones) is 1. The first-order chi connectivity index (χ1) is 13.0. The van der Waals surface area contributed by atoms with Crippen molar-refractivity contribution >= 4 is 23.0 Å². The highest BCUT2D eigenvalue weighted by Gasteiger charge is 2.31. The quantitative estimate of drug-likeness (QED) is 0.661. The molecule has 0 amide bonds. The average Bonchev–Trinajstić information content (AvgIpc) is 3.28. The Morgan fingerprint density at radius 1 is 1.30 bits per heavy atom. The number of carbonyl (C=O) groups is 2. The second kappa shape index (κ2) is 6.83. The Labute approximate surface area is 155 Å². The molecule has 27 heavy (non-hydrogen) atoms. The number of aromatic nitrogens is 3. The van der Waals surface area contributed by atoms with E-state index in [4.69, 9.17) is 14.5 Å². The maximum atomic E-state index is 12.8. The van der Waals surface area contributed by atoms with Crippen molar-refractivity contribution in [1.29, 1.82) is 0 Å². The number of benzene rings is 1. The molecule has 0 N–H and O–H groups in total. The third-order valence-electron chi connectivity index (χ3n) is 4.48. The van der Waals surface area contributed by atoms with Gasteiger partial charge in [-0.2, -0.15) is 5.10 Å². The largest absolute Gasteiger partial charge is 0.463 e. The summed E-state index contributed by atoms with van der Waals surface area (Å²) in [5, 5.41) is 4.97. The molecule has 1 atom stereocenters. The van der Waals surface area contributed by atoms with E-state index in [0.29, 0.717) is 28.7 Å². The molecule has 0 bridgehead atoms. The van der Waals surface area contributed by atoms with Crippen molar-refractivity contribution in [3.8, 4) is 11.3 Å². The van der Waals surface area contributed by atoms with Crippen molar-refractivity contribution < 1.29 is 19.1 Å². The van der Waals surface area contributed by atoms with E-state index in [1.54, 1.807) is 16.9 Å². The molecule has 0 spiro atoms. The molecular weight excluding hydrogens is 346 g/mol. The highest BCUT2D eigenvalue weighted by atomic mass is 16.6. The van der Waals surface area contributed by atoms with E-state index in [2.05, 4.69) is 5.10 Å². The number of carbonyl (C=O) groups excluding carboxylic acids is 2. The third-order valence-corrected chi connectivity index (χ3v) is 4.48. The van der Waals surface area contributed by atoms with Crippen LogP contribution in [0.5, 0.6) is 0 Å². The van der Waals surface area contributed by atoms with E-state index in [9.17, 15) is 9.59 Å². The van der Waals surface area contributed by atoms with E-state index in [0.717, 1.165) is 5.56 Å². The standard InChI is InChI=1S/C20H19N3O4/c1-12(2)23-18-15(11-21-23)14(19(24)27-17-8-9-26-20(17)25)10-16(22-18)13-6-4-3-5-7-13/h3-7,10-12,17H,8-9H2,1-2H3/t17-/m0/s1. The first-order valence-corrected chi connectivity index (χ1v) is 8.86. The fourth-order valence-electron chi connectivity index (χ4n) is 3.10. The molecule has 3 aromatic rings. The number of hydrogen-bond acceptors (Lipinski definition) is 6. The van der Waals surface area contributed by atoms with Gasteiger partial charge in [0.05, 0.1) is 29.4 Å². The normalized spacial score (nSPS) is 16.7. The highest BCUT2D eigenvalue weighted by molar-refractivity contribution is 6.04. The van der Waals surface area contributed by atoms with Crippen molar-refractivity contribution in [3.63, 3.8) is 0 Å². The second-order valence-corrected chi connectivity index (χ2v) is 6.69. The number of pyridine rings is 1. The van der Waals surface area contributed by atoms with Gasteiger partial charge in [0.15, 0.2) is 5.65 Å². The Hall–Kier alpha value is -3.22. The van der Waals surface area contributed by atoms with Crippen LogP contribution in [-0.2, 0) is 14.3 Å². The number of esters is 2. The fourth-order valence-corrected chi connectivity index (χ4v) is 3.10. The van der Waals surface area contributed by atoms with E-state index in [-0.39, 0.29) is 12.6 Å². The molecular formula is C20H19N3O4. The van der Waals surface area contributed by atoms with E-state index in [1.165, 1.54) is 0 Å². The number of hydrogen-bond donors (Lipinski definition) is 0. The van der Waals surface area contributed by atoms with Gasteiger partial charge >= 0.3 is 11.9 Å². The summed E-state index contributed by atoms with van der Waals surface area (Å²) in [4.78, 5) is 29.2. The average molecular weight is 365 g/mol. The van der Waals surface area contributed by atoms with Crippen LogP contribution < -0.4 is 0 Å². The number of nitrogens with zero attached hydrogens (tertiary/aromatic N) is 3. The minimum Gasteiger partial charge on any atom is -0.463 e. The van der Waals surface area contributed by atoms with Gasteiger partial charge < -0.3 is 9.47 Å². The number of fused-ring (bicyclic) bond motifs is 1. The molecule has 2 aromatic heterocycles. The molecule has 1 aromatic carbocycles. The summed E-state index contributed by atoms with van der Waals surface area (Å²) in [6.45, 7) is 4.26. The van der Waals surface area contributed by atoms with Crippen molar-refractivity contribution in [1.82, 2.24) is 14.8 Å². The first kappa shape index (κ1) is 17.2. The maximum absolute atomic E-state index is 12.8. The molecule has 1 aliphatic rings. The van der Waals surface area contributed by atoms with Gasteiger partial charge in [-0.3, -0.25) is 0 Å². The van der Waals surface area contributed by atoms with Crippen LogP contribution in [0.2, 0.25) is 0 Å². The summed E-state index contributed by atoms with van der Waals surface area (Å²) in [7, 11) is 0. The highest BCUT2D eigenvalue weighted by Crippen LogP contribution is 2.27. The molecule has 138 valence electrons. The van der Waals surface area contributed by atoms with Gasteiger partial charge in [0.25, 0.3) is 0 Å². The molecule has 0 unspecified atom stereocenters. The molecule has 0 radical (unpaired) electrons. The van der Waals surface area contributed by atoms with Gasteiger partial charge in [0.2, 0.25) is 6.10 Å². The lowest BCUT2D eigenvalue weighted by molar-refractivity contribution is -0.145. The Bertz CT molecular complexity index is 1010. The van der Waals surface area contributed by atoms with Crippen LogP contribution in [-0.4, -0.2) is 39.4 Å². The number of ether oxygens (including phenoxy) is 2. The fraction of sp³-hybridized carbons (Fsp3) is 0.300. The van der Waals surface area contributed by atoms with Crippen LogP contribution in [0.25, 0.3) is 22.3 Å². The topological polar surface area (TPSA) is 83.3 Å². The predicted molar refractivity (Wildman–Crippen MR) is 98.1 cm³/mol. The zero-order chi connectivity index (χ0) is 19.0. The molecule has 7 nitrogen and oxygen atoms in total. The Morgan fingerprint density at radius 2 is 2.07 bits per heavy atom. The molecule has 0 saturated carbocycles. The zero-order valence-electron chi connectivity index (χ0n) is 15.1. The Kier molecular flexibility index (Phi) is 4.35. The lowest BCUT2D eigenvalue weighted by Crippen LogP contribution is -2.23. The van der Waals surface area contributed by atoms with Gasteiger partial charge in [-0.15, -0.1) is 0 Å². The van der Waals surface area contributed by atoms with Gasteiger partial charge in [-0.25, -0.2) is 19.3 Å².